The van der Waals surface area contributed by atoms with Gasteiger partial charge in [0.25, 0.3) is 0 Å². The van der Waals surface area contributed by atoms with Crippen molar-refractivity contribution in [3.8, 4) is 0 Å². The molecule has 0 fully saturated rings. The Kier molecular flexibility index (Phi) is 5.50. The van der Waals surface area contributed by atoms with Crippen molar-refractivity contribution in [1.29, 1.82) is 5.41 Å². The van der Waals surface area contributed by atoms with Crippen LogP contribution in [-0.2, 0) is 4.74 Å². The molecule has 0 saturated heterocycles. The van der Waals surface area contributed by atoms with Crippen LogP contribution in [0.4, 0.5) is 4.39 Å². The van der Waals surface area contributed by atoms with Gasteiger partial charge >= 0.3 is 0 Å². The molecule has 0 aromatic heterocycles. The smallest absolute Gasteiger partial charge is 0.213 e. The average Bonchev–Trinajstić information content (AvgIpc) is 2.10. The largest absolute Gasteiger partial charge is 0.478 e. The predicted molar refractivity (Wildman–Crippen MR) is 57.1 cm³/mol. The van der Waals surface area contributed by atoms with Crippen molar-refractivity contribution in [2.75, 3.05) is 6.61 Å². The maximum absolute atomic E-state index is 12.7. The average molecular weight is 238 g/mol. The number of hydrogen-bond acceptors (Lipinski definition) is 2. The van der Waals surface area contributed by atoms with Gasteiger partial charge in [-0.05, 0) is 25.1 Å². The van der Waals surface area contributed by atoms with Crippen LogP contribution in [-0.4, -0.2) is 12.5 Å². The molecule has 0 atom stereocenters. The van der Waals surface area contributed by atoms with Crippen LogP contribution < -0.4 is 0 Å². The number of ether oxygens (including phenoxy) is 1. The molecule has 0 aliphatic rings. The normalized spacial score (nSPS) is 9.07. The van der Waals surface area contributed by atoms with Gasteiger partial charge in [-0.25, -0.2) is 4.39 Å². The molecule has 78 valence electrons. The lowest BCUT2D eigenvalue weighted by Crippen LogP contribution is -2.04. The van der Waals surface area contributed by atoms with E-state index in [2.05, 4.69) is 0 Å². The first-order valence-electron chi connectivity index (χ1n) is 3.82. The summed E-state index contributed by atoms with van der Waals surface area (Å²) in [7, 11) is 0. The van der Waals surface area contributed by atoms with E-state index in [9.17, 15) is 4.39 Å². The first kappa shape index (κ1) is 13.2. The molecule has 0 bridgehead atoms. The Labute approximate surface area is 92.9 Å². The van der Waals surface area contributed by atoms with Crippen LogP contribution in [0.15, 0.2) is 18.2 Å². The molecule has 0 unspecified atom stereocenters. The van der Waals surface area contributed by atoms with Gasteiger partial charge in [-0.1, -0.05) is 11.6 Å². The zero-order valence-corrected chi connectivity index (χ0v) is 9.08. The molecule has 0 heterocycles. The van der Waals surface area contributed by atoms with Gasteiger partial charge in [0.15, 0.2) is 0 Å². The second-order valence-corrected chi connectivity index (χ2v) is 2.80. The summed E-state index contributed by atoms with van der Waals surface area (Å²) >= 11 is 5.53. The van der Waals surface area contributed by atoms with Gasteiger partial charge < -0.3 is 4.74 Å². The van der Waals surface area contributed by atoms with Gasteiger partial charge in [0, 0.05) is 5.56 Å². The highest BCUT2D eigenvalue weighted by molar-refractivity contribution is 6.31. The fourth-order valence-corrected chi connectivity index (χ4v) is 1.05. The SMILES string of the molecule is CCOC(=N)c1ccc(F)c(Cl)c1.Cl. The van der Waals surface area contributed by atoms with E-state index in [0.29, 0.717) is 12.2 Å². The summed E-state index contributed by atoms with van der Waals surface area (Å²) < 4.78 is 17.6. The summed E-state index contributed by atoms with van der Waals surface area (Å²) in [6, 6.07) is 4.04. The minimum atomic E-state index is -0.491. The van der Waals surface area contributed by atoms with Gasteiger partial charge in [0.1, 0.15) is 5.82 Å². The van der Waals surface area contributed by atoms with Crippen LogP contribution in [0.5, 0.6) is 0 Å². The standard InChI is InChI=1S/C9H9ClFNO.ClH/c1-2-13-9(12)6-3-4-8(11)7(10)5-6;/h3-5,12H,2H2,1H3;1H. The second-order valence-electron chi connectivity index (χ2n) is 2.39. The van der Waals surface area contributed by atoms with Crippen molar-refractivity contribution < 1.29 is 9.13 Å². The second kappa shape index (κ2) is 5.83. The van der Waals surface area contributed by atoms with Crippen LogP contribution in [0.3, 0.4) is 0 Å². The fraction of sp³-hybridized carbons (Fsp3) is 0.222. The highest BCUT2D eigenvalue weighted by atomic mass is 35.5. The molecule has 0 saturated carbocycles. The molecule has 0 aliphatic carbocycles. The molecule has 14 heavy (non-hydrogen) atoms. The Hall–Kier alpha value is -0.800. The van der Waals surface area contributed by atoms with E-state index in [1.54, 1.807) is 6.92 Å². The fourth-order valence-electron chi connectivity index (χ4n) is 0.865. The van der Waals surface area contributed by atoms with Crippen molar-refractivity contribution in [3.63, 3.8) is 0 Å². The number of nitrogens with one attached hydrogen (secondary N) is 1. The molecule has 0 spiro atoms. The van der Waals surface area contributed by atoms with Crippen LogP contribution >= 0.6 is 24.0 Å². The predicted octanol–water partition coefficient (Wildman–Crippen LogP) is 3.26. The van der Waals surface area contributed by atoms with E-state index in [0.717, 1.165) is 0 Å². The van der Waals surface area contributed by atoms with E-state index >= 15 is 0 Å². The zero-order chi connectivity index (χ0) is 9.84. The molecule has 5 heteroatoms. The lowest BCUT2D eigenvalue weighted by Gasteiger charge is -2.04. The maximum atomic E-state index is 12.7. The van der Waals surface area contributed by atoms with Crippen LogP contribution in [0, 0.1) is 11.2 Å². The number of halogens is 3. The third-order valence-electron chi connectivity index (χ3n) is 1.47. The summed E-state index contributed by atoms with van der Waals surface area (Å²) in [4.78, 5) is 0. The summed E-state index contributed by atoms with van der Waals surface area (Å²) in [6.07, 6.45) is 0. The number of hydrogen-bond donors (Lipinski definition) is 1. The van der Waals surface area contributed by atoms with Gasteiger partial charge in [0.2, 0.25) is 5.90 Å². The summed E-state index contributed by atoms with van der Waals surface area (Å²) in [5.41, 5.74) is 0.480. The third kappa shape index (κ3) is 3.16. The minimum absolute atomic E-state index is 0. The Balaban J connectivity index is 0.00000169. The van der Waals surface area contributed by atoms with Crippen molar-refractivity contribution in [2.24, 2.45) is 0 Å². The molecule has 2 nitrogen and oxygen atoms in total. The van der Waals surface area contributed by atoms with E-state index in [1.807, 2.05) is 0 Å². The van der Waals surface area contributed by atoms with Crippen LogP contribution in [0.1, 0.15) is 12.5 Å². The van der Waals surface area contributed by atoms with Crippen LogP contribution in [0.2, 0.25) is 5.02 Å². The van der Waals surface area contributed by atoms with Gasteiger partial charge in [-0.3, -0.25) is 5.41 Å². The molecule has 1 N–H and O–H groups in total. The van der Waals surface area contributed by atoms with Gasteiger partial charge in [-0.2, -0.15) is 0 Å². The molecule has 0 amide bonds. The maximum Gasteiger partial charge on any atom is 0.213 e. The van der Waals surface area contributed by atoms with Crippen molar-refractivity contribution in [3.05, 3.63) is 34.6 Å². The first-order valence-corrected chi connectivity index (χ1v) is 4.19. The summed E-state index contributed by atoms with van der Waals surface area (Å²) in [5, 5.41) is 7.40. The molecule has 0 aliphatic heterocycles. The van der Waals surface area contributed by atoms with Crippen molar-refractivity contribution in [1.82, 2.24) is 0 Å². The zero-order valence-electron chi connectivity index (χ0n) is 7.51. The quantitative estimate of drug-likeness (QED) is 0.622. The number of rotatable bonds is 2. The molecule has 1 aromatic carbocycles. The molecular formula is C9H10Cl2FNO. The van der Waals surface area contributed by atoms with E-state index in [-0.39, 0.29) is 23.3 Å². The highest BCUT2D eigenvalue weighted by Crippen LogP contribution is 2.16. The Bertz CT molecular complexity index is 331. The molecular weight excluding hydrogens is 228 g/mol. The van der Waals surface area contributed by atoms with E-state index in [1.165, 1.54) is 18.2 Å². The van der Waals surface area contributed by atoms with Gasteiger partial charge in [-0.15, -0.1) is 12.4 Å². The lowest BCUT2D eigenvalue weighted by atomic mass is 10.2. The Morgan fingerprint density at radius 1 is 1.57 bits per heavy atom. The topological polar surface area (TPSA) is 33.1 Å². The molecule has 1 rings (SSSR count). The summed E-state index contributed by atoms with van der Waals surface area (Å²) in [6.45, 7) is 2.19. The summed E-state index contributed by atoms with van der Waals surface area (Å²) in [5.74, 6) is -0.487. The van der Waals surface area contributed by atoms with E-state index in [4.69, 9.17) is 21.7 Å². The highest BCUT2D eigenvalue weighted by Gasteiger charge is 2.05. The first-order chi connectivity index (χ1) is 6.15. The number of benzene rings is 1. The molecule has 1 aromatic rings. The van der Waals surface area contributed by atoms with E-state index < -0.39 is 5.82 Å². The minimum Gasteiger partial charge on any atom is -0.478 e. The molecule has 0 radical (unpaired) electrons. The Morgan fingerprint density at radius 3 is 2.71 bits per heavy atom. The monoisotopic (exact) mass is 237 g/mol. The van der Waals surface area contributed by atoms with Crippen LogP contribution in [0.25, 0.3) is 0 Å². The van der Waals surface area contributed by atoms with Gasteiger partial charge in [0.05, 0.1) is 11.6 Å². The third-order valence-corrected chi connectivity index (χ3v) is 1.76. The van der Waals surface area contributed by atoms with Crippen molar-refractivity contribution in [2.45, 2.75) is 6.92 Å². The lowest BCUT2D eigenvalue weighted by molar-refractivity contribution is 0.325. The van der Waals surface area contributed by atoms with Crippen molar-refractivity contribution >= 4 is 29.9 Å². The Morgan fingerprint density at radius 2 is 2.21 bits per heavy atom.